The van der Waals surface area contributed by atoms with Gasteiger partial charge in [0.15, 0.2) is 0 Å². The number of pyridine rings is 1. The Bertz CT molecular complexity index is 200. The number of alkyl halides is 1. The number of nitrogens with zero attached hydrogens (tertiary/aromatic N) is 1. The first-order valence-electron chi connectivity index (χ1n) is 2.59. The van der Waals surface area contributed by atoms with Crippen molar-refractivity contribution < 1.29 is 0 Å². The number of anilines is 1. The number of halogens is 1. The average molecular weight is 234 g/mol. The van der Waals surface area contributed by atoms with Crippen LogP contribution < -0.4 is 5.73 Å². The van der Waals surface area contributed by atoms with Crippen molar-refractivity contribution in [3.8, 4) is 0 Å². The van der Waals surface area contributed by atoms with Gasteiger partial charge in [-0.15, -0.1) is 0 Å². The summed E-state index contributed by atoms with van der Waals surface area (Å²) >= 11 is 2.27. The highest BCUT2D eigenvalue weighted by atomic mass is 127. The van der Waals surface area contributed by atoms with Gasteiger partial charge >= 0.3 is 0 Å². The molecule has 9 heavy (non-hydrogen) atoms. The Balaban J connectivity index is 3.01. The van der Waals surface area contributed by atoms with Crippen molar-refractivity contribution in [2.24, 2.45) is 0 Å². The molecule has 0 saturated carbocycles. The Morgan fingerprint density at radius 2 is 2.44 bits per heavy atom. The van der Waals surface area contributed by atoms with Crippen molar-refractivity contribution in [1.29, 1.82) is 0 Å². The Morgan fingerprint density at radius 1 is 1.67 bits per heavy atom. The Labute approximate surface area is 67.6 Å². The van der Waals surface area contributed by atoms with Gasteiger partial charge in [-0.3, -0.25) is 4.98 Å². The van der Waals surface area contributed by atoms with Crippen LogP contribution in [0.15, 0.2) is 18.5 Å². The number of aromatic nitrogens is 1. The van der Waals surface area contributed by atoms with Crippen LogP contribution in [0.1, 0.15) is 5.56 Å². The average Bonchev–Trinajstić information content (AvgIpc) is 1.89. The predicted octanol–water partition coefficient (Wildman–Crippen LogP) is 1.60. The van der Waals surface area contributed by atoms with Crippen LogP contribution in [-0.4, -0.2) is 4.98 Å². The lowest BCUT2D eigenvalue weighted by Crippen LogP contribution is -1.91. The van der Waals surface area contributed by atoms with Crippen LogP contribution in [0.2, 0.25) is 0 Å². The molecule has 0 aliphatic carbocycles. The van der Waals surface area contributed by atoms with E-state index in [1.807, 2.05) is 6.07 Å². The van der Waals surface area contributed by atoms with Crippen molar-refractivity contribution in [3.63, 3.8) is 0 Å². The van der Waals surface area contributed by atoms with Gasteiger partial charge in [-0.25, -0.2) is 0 Å². The van der Waals surface area contributed by atoms with Gasteiger partial charge in [-0.2, -0.15) is 0 Å². The first-order chi connectivity index (χ1) is 4.34. The van der Waals surface area contributed by atoms with E-state index >= 15 is 0 Å². The van der Waals surface area contributed by atoms with Crippen LogP contribution in [0.3, 0.4) is 0 Å². The third-order valence-electron chi connectivity index (χ3n) is 1.09. The highest BCUT2D eigenvalue weighted by Gasteiger charge is 1.92. The molecule has 1 rings (SSSR count). The highest BCUT2D eigenvalue weighted by molar-refractivity contribution is 14.1. The highest BCUT2D eigenvalue weighted by Crippen LogP contribution is 2.11. The smallest absolute Gasteiger partial charge is 0.0540 e. The van der Waals surface area contributed by atoms with Gasteiger partial charge < -0.3 is 5.73 Å². The van der Waals surface area contributed by atoms with Gasteiger partial charge in [0.2, 0.25) is 0 Å². The summed E-state index contributed by atoms with van der Waals surface area (Å²) in [5, 5.41) is 0. The van der Waals surface area contributed by atoms with E-state index in [4.69, 9.17) is 5.73 Å². The molecule has 0 amide bonds. The molecule has 0 saturated heterocycles. The molecule has 2 N–H and O–H groups in total. The molecule has 0 bridgehead atoms. The molecule has 0 aliphatic rings. The van der Waals surface area contributed by atoms with Gasteiger partial charge in [0, 0.05) is 10.6 Å². The Kier molecular flexibility index (Phi) is 2.27. The number of hydrogen-bond acceptors (Lipinski definition) is 2. The summed E-state index contributed by atoms with van der Waals surface area (Å²) in [4.78, 5) is 3.86. The molecule has 0 fully saturated rings. The summed E-state index contributed by atoms with van der Waals surface area (Å²) < 4.78 is 0.951. The first-order valence-corrected chi connectivity index (χ1v) is 4.11. The SMILES string of the molecule is Nc1cnccc1CI. The van der Waals surface area contributed by atoms with Gasteiger partial charge in [0.1, 0.15) is 0 Å². The van der Waals surface area contributed by atoms with Crippen molar-refractivity contribution in [2.75, 3.05) is 5.73 Å². The molecule has 1 aromatic heterocycles. The minimum Gasteiger partial charge on any atom is -0.397 e. The van der Waals surface area contributed by atoms with Crippen LogP contribution in [0.5, 0.6) is 0 Å². The molecular weight excluding hydrogens is 227 g/mol. The minimum atomic E-state index is 0.784. The van der Waals surface area contributed by atoms with E-state index in [0.717, 1.165) is 15.7 Å². The second kappa shape index (κ2) is 3.00. The van der Waals surface area contributed by atoms with E-state index < -0.39 is 0 Å². The molecule has 0 spiro atoms. The molecular formula is C6H7IN2. The lowest BCUT2D eigenvalue weighted by atomic mass is 10.3. The standard InChI is InChI=1S/C6H7IN2/c7-3-5-1-2-9-4-6(5)8/h1-2,4H,3,8H2. The summed E-state index contributed by atoms with van der Waals surface area (Å²) in [7, 11) is 0. The summed E-state index contributed by atoms with van der Waals surface area (Å²) in [6.07, 6.45) is 3.43. The zero-order valence-electron chi connectivity index (χ0n) is 4.84. The molecule has 1 aromatic rings. The monoisotopic (exact) mass is 234 g/mol. The van der Waals surface area contributed by atoms with Crippen LogP contribution >= 0.6 is 22.6 Å². The largest absolute Gasteiger partial charge is 0.397 e. The topological polar surface area (TPSA) is 38.9 Å². The Morgan fingerprint density at radius 3 is 2.89 bits per heavy atom. The maximum atomic E-state index is 5.56. The lowest BCUT2D eigenvalue weighted by molar-refractivity contribution is 1.29. The molecule has 0 aliphatic heterocycles. The van der Waals surface area contributed by atoms with Crippen molar-refractivity contribution in [1.82, 2.24) is 4.98 Å². The van der Waals surface area contributed by atoms with Crippen molar-refractivity contribution >= 4 is 28.3 Å². The van der Waals surface area contributed by atoms with Crippen LogP contribution in [0, 0.1) is 0 Å². The molecule has 0 unspecified atom stereocenters. The first kappa shape index (κ1) is 6.80. The molecule has 48 valence electrons. The summed E-state index contributed by atoms with van der Waals surface area (Å²) in [5.74, 6) is 0. The summed E-state index contributed by atoms with van der Waals surface area (Å²) in [6.45, 7) is 0. The number of nitrogens with two attached hydrogens (primary N) is 1. The van der Waals surface area contributed by atoms with Gasteiger partial charge in [-0.1, -0.05) is 22.6 Å². The van der Waals surface area contributed by atoms with E-state index in [-0.39, 0.29) is 0 Å². The molecule has 2 nitrogen and oxygen atoms in total. The van der Waals surface area contributed by atoms with E-state index in [9.17, 15) is 0 Å². The fourth-order valence-electron chi connectivity index (χ4n) is 0.557. The molecule has 0 atom stereocenters. The fraction of sp³-hybridized carbons (Fsp3) is 0.167. The number of rotatable bonds is 1. The maximum Gasteiger partial charge on any atom is 0.0540 e. The fourth-order valence-corrected chi connectivity index (χ4v) is 1.25. The van der Waals surface area contributed by atoms with Crippen molar-refractivity contribution in [2.45, 2.75) is 4.43 Å². The van der Waals surface area contributed by atoms with Crippen LogP contribution in [-0.2, 0) is 4.43 Å². The Hall–Kier alpha value is -0.320. The molecule has 0 aromatic carbocycles. The van der Waals surface area contributed by atoms with Crippen LogP contribution in [0.25, 0.3) is 0 Å². The zero-order chi connectivity index (χ0) is 6.69. The molecule has 3 heteroatoms. The van der Waals surface area contributed by atoms with Crippen molar-refractivity contribution in [3.05, 3.63) is 24.0 Å². The second-order valence-corrected chi connectivity index (χ2v) is 2.47. The quantitative estimate of drug-likeness (QED) is 0.592. The lowest BCUT2D eigenvalue weighted by Gasteiger charge is -1.96. The predicted molar refractivity (Wildman–Crippen MR) is 46.4 cm³/mol. The number of hydrogen-bond donors (Lipinski definition) is 1. The van der Waals surface area contributed by atoms with E-state index in [1.54, 1.807) is 12.4 Å². The minimum absolute atomic E-state index is 0.784. The van der Waals surface area contributed by atoms with Gasteiger partial charge in [0.25, 0.3) is 0 Å². The zero-order valence-corrected chi connectivity index (χ0v) is 7.00. The summed E-state index contributed by atoms with van der Waals surface area (Å²) in [6, 6.07) is 1.93. The normalized spacial score (nSPS) is 9.44. The molecule has 0 radical (unpaired) electrons. The van der Waals surface area contributed by atoms with Crippen LogP contribution in [0.4, 0.5) is 5.69 Å². The van der Waals surface area contributed by atoms with Gasteiger partial charge in [-0.05, 0) is 11.6 Å². The van der Waals surface area contributed by atoms with E-state index in [2.05, 4.69) is 27.6 Å². The third kappa shape index (κ3) is 1.54. The second-order valence-electron chi connectivity index (χ2n) is 1.71. The summed E-state index contributed by atoms with van der Waals surface area (Å²) in [5.41, 5.74) is 7.51. The van der Waals surface area contributed by atoms with E-state index in [1.165, 1.54) is 0 Å². The third-order valence-corrected chi connectivity index (χ3v) is 1.91. The number of nitrogen functional groups attached to an aromatic ring is 1. The molecule has 1 heterocycles. The maximum absolute atomic E-state index is 5.56. The van der Waals surface area contributed by atoms with E-state index in [0.29, 0.717) is 0 Å². The van der Waals surface area contributed by atoms with Gasteiger partial charge in [0.05, 0.1) is 11.9 Å².